The lowest BCUT2D eigenvalue weighted by atomic mass is 9.90. The maximum absolute atomic E-state index is 14.9. The van der Waals surface area contributed by atoms with Gasteiger partial charge >= 0.3 is 5.97 Å². The fraction of sp³-hybridized carbons (Fsp3) is 0.409. The lowest BCUT2D eigenvalue weighted by Gasteiger charge is -2.37. The molecule has 0 radical (unpaired) electrons. The maximum atomic E-state index is 14.9. The highest BCUT2D eigenvalue weighted by Crippen LogP contribution is 2.46. The molecule has 1 N–H and O–H groups in total. The summed E-state index contributed by atoms with van der Waals surface area (Å²) < 4.78 is 44.8. The number of aliphatic carboxylic acids is 1. The fourth-order valence-electron chi connectivity index (χ4n) is 4.03. The molecule has 0 spiro atoms. The molecule has 2 aromatic carbocycles. The first kappa shape index (κ1) is 21.8. The van der Waals surface area contributed by atoms with Crippen LogP contribution >= 0.6 is 0 Å². The van der Waals surface area contributed by atoms with Crippen LogP contribution < -0.4 is 14.2 Å². The first-order valence-electron chi connectivity index (χ1n) is 9.61. The smallest absolute Gasteiger partial charge is 0.306 e. The monoisotopic (exact) mass is 421 g/mol. The van der Waals surface area contributed by atoms with Gasteiger partial charge in [-0.05, 0) is 44.1 Å². The molecule has 2 aromatic rings. The molecule has 3 rings (SSSR count). The molecule has 1 atom stereocenters. The first-order valence-corrected chi connectivity index (χ1v) is 9.61. The number of carboxylic acids is 1. The van der Waals surface area contributed by atoms with Crippen LogP contribution in [0.25, 0.3) is 0 Å². The van der Waals surface area contributed by atoms with Gasteiger partial charge in [0, 0.05) is 17.2 Å². The van der Waals surface area contributed by atoms with E-state index in [-0.39, 0.29) is 5.56 Å². The molecule has 0 aromatic heterocycles. The zero-order valence-electron chi connectivity index (χ0n) is 17.2. The molecular formula is C22H25F2NO5. The van der Waals surface area contributed by atoms with E-state index in [1.807, 2.05) is 4.90 Å². The van der Waals surface area contributed by atoms with E-state index in [0.717, 1.165) is 6.07 Å². The van der Waals surface area contributed by atoms with Gasteiger partial charge in [-0.3, -0.25) is 9.69 Å². The Morgan fingerprint density at radius 1 is 1.00 bits per heavy atom. The van der Waals surface area contributed by atoms with Crippen LogP contribution in [0.4, 0.5) is 8.78 Å². The normalized spacial score (nSPS) is 16.2. The lowest BCUT2D eigenvalue weighted by Crippen LogP contribution is -2.39. The number of methoxy groups -OCH3 is 3. The summed E-state index contributed by atoms with van der Waals surface area (Å²) >= 11 is 0. The predicted molar refractivity (Wildman–Crippen MR) is 106 cm³/mol. The zero-order valence-corrected chi connectivity index (χ0v) is 17.2. The lowest BCUT2D eigenvalue weighted by molar-refractivity contribution is -0.143. The summed E-state index contributed by atoms with van der Waals surface area (Å²) in [4.78, 5) is 13.3. The summed E-state index contributed by atoms with van der Waals surface area (Å²) in [5.41, 5.74) is 0.894. The minimum atomic E-state index is -0.831. The Balaban J connectivity index is 2.12. The highest BCUT2D eigenvalue weighted by Gasteiger charge is 2.34. The molecule has 0 amide bonds. The van der Waals surface area contributed by atoms with Crippen molar-refractivity contribution < 1.29 is 32.9 Å². The molecule has 0 bridgehead atoms. The number of rotatable bonds is 7. The minimum Gasteiger partial charge on any atom is -0.493 e. The summed E-state index contributed by atoms with van der Waals surface area (Å²) in [6, 6.07) is 6.32. The second-order valence-electron chi connectivity index (χ2n) is 7.14. The third kappa shape index (κ3) is 4.18. The highest BCUT2D eigenvalue weighted by atomic mass is 19.1. The number of ether oxygens (including phenoxy) is 3. The molecule has 1 saturated heterocycles. The maximum Gasteiger partial charge on any atom is 0.306 e. The Hall–Kier alpha value is -2.87. The van der Waals surface area contributed by atoms with Crippen LogP contribution in [0.5, 0.6) is 17.2 Å². The van der Waals surface area contributed by atoms with E-state index in [1.54, 1.807) is 12.1 Å². The number of carboxylic acid groups (broad SMARTS) is 1. The molecule has 0 aliphatic carbocycles. The first-order chi connectivity index (χ1) is 14.4. The van der Waals surface area contributed by atoms with Crippen molar-refractivity contribution in [1.29, 1.82) is 0 Å². The van der Waals surface area contributed by atoms with Gasteiger partial charge in [0.15, 0.2) is 11.5 Å². The average molecular weight is 421 g/mol. The molecule has 162 valence electrons. The molecule has 1 aliphatic rings. The highest BCUT2D eigenvalue weighted by molar-refractivity contribution is 5.70. The number of likely N-dealkylation sites (tertiary alicyclic amines) is 1. The van der Waals surface area contributed by atoms with Crippen molar-refractivity contribution in [3.05, 3.63) is 53.1 Å². The van der Waals surface area contributed by atoms with E-state index in [2.05, 4.69) is 0 Å². The van der Waals surface area contributed by atoms with Gasteiger partial charge in [0.05, 0.1) is 33.3 Å². The number of carbonyl (C=O) groups is 1. The Bertz CT molecular complexity index is 913. The Kier molecular flexibility index (Phi) is 6.77. The molecule has 1 heterocycles. The van der Waals surface area contributed by atoms with Gasteiger partial charge in [-0.1, -0.05) is 6.07 Å². The van der Waals surface area contributed by atoms with Crippen molar-refractivity contribution >= 4 is 5.97 Å². The molecular weight excluding hydrogens is 396 g/mol. The van der Waals surface area contributed by atoms with E-state index in [9.17, 15) is 18.7 Å². The average Bonchev–Trinajstić information content (AvgIpc) is 2.75. The summed E-state index contributed by atoms with van der Waals surface area (Å²) in [5, 5.41) is 9.31. The SMILES string of the molecule is COc1ccc(C(c2ccc(F)cc2F)N2CCC(C(=O)O)CC2)c(OC)c1OC. The van der Waals surface area contributed by atoms with Crippen molar-refractivity contribution in [1.82, 2.24) is 4.90 Å². The van der Waals surface area contributed by atoms with Crippen LogP contribution in [0.15, 0.2) is 30.3 Å². The van der Waals surface area contributed by atoms with E-state index in [4.69, 9.17) is 14.2 Å². The fourth-order valence-corrected chi connectivity index (χ4v) is 4.03. The quantitative estimate of drug-likeness (QED) is 0.732. The molecule has 6 nitrogen and oxygen atoms in total. The molecule has 1 fully saturated rings. The van der Waals surface area contributed by atoms with Crippen molar-refractivity contribution in [2.45, 2.75) is 18.9 Å². The van der Waals surface area contributed by atoms with Crippen molar-refractivity contribution in [2.24, 2.45) is 5.92 Å². The van der Waals surface area contributed by atoms with Gasteiger partial charge in [-0.2, -0.15) is 0 Å². The molecule has 0 saturated carbocycles. The summed E-state index contributed by atoms with van der Waals surface area (Å²) in [7, 11) is 4.47. The van der Waals surface area contributed by atoms with Crippen LogP contribution in [0, 0.1) is 17.6 Å². The third-order valence-corrected chi connectivity index (χ3v) is 5.53. The summed E-state index contributed by atoms with van der Waals surface area (Å²) in [6.07, 6.45) is 0.870. The second-order valence-corrected chi connectivity index (χ2v) is 7.14. The van der Waals surface area contributed by atoms with Gasteiger partial charge < -0.3 is 19.3 Å². The number of benzene rings is 2. The van der Waals surface area contributed by atoms with Gasteiger partial charge in [0.1, 0.15) is 11.6 Å². The number of hydrogen-bond acceptors (Lipinski definition) is 5. The number of halogens is 2. The Labute approximate surface area is 174 Å². The zero-order chi connectivity index (χ0) is 21.8. The van der Waals surface area contributed by atoms with E-state index < -0.39 is 29.6 Å². The van der Waals surface area contributed by atoms with Crippen LogP contribution in [-0.2, 0) is 4.79 Å². The van der Waals surface area contributed by atoms with Crippen LogP contribution in [-0.4, -0.2) is 50.4 Å². The predicted octanol–water partition coefficient (Wildman–Crippen LogP) is 3.88. The van der Waals surface area contributed by atoms with Crippen molar-refractivity contribution in [3.63, 3.8) is 0 Å². The van der Waals surface area contributed by atoms with Gasteiger partial charge in [0.2, 0.25) is 5.75 Å². The van der Waals surface area contributed by atoms with Crippen LogP contribution in [0.2, 0.25) is 0 Å². The third-order valence-electron chi connectivity index (χ3n) is 5.53. The van der Waals surface area contributed by atoms with Crippen molar-refractivity contribution in [2.75, 3.05) is 34.4 Å². The summed E-state index contributed by atoms with van der Waals surface area (Å²) in [5.74, 6) is -1.41. The van der Waals surface area contributed by atoms with Crippen LogP contribution in [0.3, 0.4) is 0 Å². The minimum absolute atomic E-state index is 0.274. The number of piperidine rings is 1. The van der Waals surface area contributed by atoms with Gasteiger partial charge in [-0.25, -0.2) is 8.78 Å². The Morgan fingerprint density at radius 3 is 2.17 bits per heavy atom. The molecule has 30 heavy (non-hydrogen) atoms. The second kappa shape index (κ2) is 9.30. The number of hydrogen-bond donors (Lipinski definition) is 1. The van der Waals surface area contributed by atoms with Crippen molar-refractivity contribution in [3.8, 4) is 17.2 Å². The Morgan fingerprint density at radius 2 is 1.63 bits per heavy atom. The summed E-state index contributed by atoms with van der Waals surface area (Å²) in [6.45, 7) is 0.881. The van der Waals surface area contributed by atoms with Gasteiger partial charge in [0.25, 0.3) is 0 Å². The molecule has 1 unspecified atom stereocenters. The molecule has 8 heteroatoms. The largest absolute Gasteiger partial charge is 0.493 e. The van der Waals surface area contributed by atoms with Gasteiger partial charge in [-0.15, -0.1) is 0 Å². The standard InChI is InChI=1S/C22H25F2NO5/c1-28-18-7-6-16(20(29-2)21(18)30-3)19(15-5-4-14(23)12-17(15)24)25-10-8-13(9-11-25)22(26)27/h4-7,12-13,19H,8-11H2,1-3H3,(H,26,27). The van der Waals surface area contributed by atoms with E-state index >= 15 is 0 Å². The van der Waals surface area contributed by atoms with E-state index in [0.29, 0.717) is 48.7 Å². The molecule has 1 aliphatic heterocycles. The topological polar surface area (TPSA) is 68.2 Å². The van der Waals surface area contributed by atoms with E-state index in [1.165, 1.54) is 33.5 Å². The van der Waals surface area contributed by atoms with Crippen LogP contribution in [0.1, 0.15) is 30.0 Å². The number of nitrogens with zero attached hydrogens (tertiary/aromatic N) is 1.